The van der Waals surface area contributed by atoms with Crippen molar-refractivity contribution in [1.82, 2.24) is 30.0 Å². The molecule has 0 saturated carbocycles. The lowest BCUT2D eigenvalue weighted by atomic mass is 9.99. The minimum atomic E-state index is 0.505. The quantitative estimate of drug-likeness (QED) is 0.579. The Morgan fingerprint density at radius 2 is 2.11 bits per heavy atom. The molecule has 3 aromatic heterocycles. The molecule has 1 N–H and O–H groups in total. The van der Waals surface area contributed by atoms with Crippen LogP contribution >= 0.6 is 11.3 Å². The van der Waals surface area contributed by atoms with Crippen LogP contribution in [-0.2, 0) is 7.05 Å². The molecule has 0 spiro atoms. The van der Waals surface area contributed by atoms with Crippen LogP contribution in [0.1, 0.15) is 29.3 Å². The Morgan fingerprint density at radius 1 is 1.26 bits per heavy atom. The Balaban J connectivity index is 1.58. The van der Waals surface area contributed by atoms with Crippen LogP contribution < -0.4 is 5.32 Å². The third-order valence-electron chi connectivity index (χ3n) is 4.96. The Morgan fingerprint density at radius 3 is 2.93 bits per heavy atom. The molecular formula is C19H17N7S. The minimum absolute atomic E-state index is 0.505. The number of aromatic nitrogens is 5. The van der Waals surface area contributed by atoms with Gasteiger partial charge < -0.3 is 5.32 Å². The van der Waals surface area contributed by atoms with Crippen molar-refractivity contribution in [3.63, 3.8) is 0 Å². The summed E-state index contributed by atoms with van der Waals surface area (Å²) < 4.78 is 1.72. The zero-order valence-electron chi connectivity index (χ0n) is 14.8. The molecule has 7 nitrogen and oxygen atoms in total. The number of fused-ring (bicyclic) bond motifs is 2. The molecule has 4 heterocycles. The number of nitrogens with zero attached hydrogens (tertiary/aromatic N) is 6. The molecule has 1 aliphatic heterocycles. The van der Waals surface area contributed by atoms with Gasteiger partial charge in [-0.25, -0.2) is 15.0 Å². The second-order valence-corrected chi connectivity index (χ2v) is 7.85. The predicted octanol–water partition coefficient (Wildman–Crippen LogP) is 2.98. The highest BCUT2D eigenvalue weighted by Crippen LogP contribution is 2.32. The minimum Gasteiger partial charge on any atom is -0.317 e. The molecule has 8 heteroatoms. The van der Waals surface area contributed by atoms with E-state index in [4.69, 9.17) is 9.97 Å². The van der Waals surface area contributed by atoms with Crippen molar-refractivity contribution in [2.24, 2.45) is 7.05 Å². The molecule has 1 aliphatic rings. The van der Waals surface area contributed by atoms with Crippen LogP contribution in [0.4, 0.5) is 0 Å². The van der Waals surface area contributed by atoms with Gasteiger partial charge in [-0.3, -0.25) is 4.68 Å². The molecule has 134 valence electrons. The molecular weight excluding hydrogens is 358 g/mol. The molecule has 0 amide bonds. The lowest BCUT2D eigenvalue weighted by Crippen LogP contribution is -2.26. The number of thiazole rings is 1. The molecule has 0 aliphatic carbocycles. The van der Waals surface area contributed by atoms with Gasteiger partial charge in [0.1, 0.15) is 21.9 Å². The second kappa shape index (κ2) is 6.37. The van der Waals surface area contributed by atoms with E-state index in [1.165, 1.54) is 0 Å². The Labute approximate surface area is 159 Å². The van der Waals surface area contributed by atoms with Crippen LogP contribution in [0, 0.1) is 11.3 Å². The molecule has 1 aromatic carbocycles. The highest BCUT2D eigenvalue weighted by molar-refractivity contribution is 7.18. The van der Waals surface area contributed by atoms with Crippen molar-refractivity contribution < 1.29 is 0 Å². The summed E-state index contributed by atoms with van der Waals surface area (Å²) in [6.45, 7) is 2.08. The van der Waals surface area contributed by atoms with Gasteiger partial charge in [-0.15, -0.1) is 0 Å². The van der Waals surface area contributed by atoms with Gasteiger partial charge in [-0.2, -0.15) is 10.4 Å². The summed E-state index contributed by atoms with van der Waals surface area (Å²) >= 11 is 1.66. The largest absolute Gasteiger partial charge is 0.317 e. The smallest absolute Gasteiger partial charge is 0.160 e. The molecule has 0 unspecified atom stereocenters. The number of aryl methyl sites for hydroxylation is 1. The number of hydrogen-bond acceptors (Lipinski definition) is 7. The summed E-state index contributed by atoms with van der Waals surface area (Å²) in [7, 11) is 1.85. The number of nitriles is 1. The van der Waals surface area contributed by atoms with Gasteiger partial charge in [-0.1, -0.05) is 11.3 Å². The second-order valence-electron chi connectivity index (χ2n) is 6.84. The van der Waals surface area contributed by atoms with Crippen LogP contribution in [0.2, 0.25) is 0 Å². The topological polar surface area (TPSA) is 92.3 Å². The summed E-state index contributed by atoms with van der Waals surface area (Å²) in [5, 5.41) is 19.3. The van der Waals surface area contributed by atoms with Crippen LogP contribution in [0.25, 0.3) is 32.6 Å². The lowest BCUT2D eigenvalue weighted by molar-refractivity contribution is 0.459. The summed E-state index contributed by atoms with van der Waals surface area (Å²) in [5.74, 6) is 1.12. The molecule has 1 saturated heterocycles. The average molecular weight is 375 g/mol. The first kappa shape index (κ1) is 16.3. The maximum Gasteiger partial charge on any atom is 0.160 e. The third kappa shape index (κ3) is 2.85. The normalized spacial score (nSPS) is 15.4. The summed E-state index contributed by atoms with van der Waals surface area (Å²) in [6.07, 6.45) is 5.92. The van der Waals surface area contributed by atoms with Crippen LogP contribution in [0.15, 0.2) is 24.5 Å². The van der Waals surface area contributed by atoms with Crippen molar-refractivity contribution in [3.8, 4) is 17.5 Å². The third-order valence-corrected chi connectivity index (χ3v) is 6.09. The van der Waals surface area contributed by atoms with Crippen molar-refractivity contribution in [2.75, 3.05) is 13.1 Å². The first-order valence-electron chi connectivity index (χ1n) is 8.93. The van der Waals surface area contributed by atoms with E-state index in [1.54, 1.807) is 22.2 Å². The van der Waals surface area contributed by atoms with Gasteiger partial charge in [0.15, 0.2) is 5.82 Å². The van der Waals surface area contributed by atoms with Gasteiger partial charge in [0.2, 0.25) is 0 Å². The van der Waals surface area contributed by atoms with Gasteiger partial charge in [0.05, 0.1) is 16.8 Å². The molecule has 4 aromatic rings. The van der Waals surface area contributed by atoms with Crippen LogP contribution in [0.5, 0.6) is 0 Å². The highest BCUT2D eigenvalue weighted by atomic mass is 32.1. The molecule has 0 radical (unpaired) electrons. The van der Waals surface area contributed by atoms with E-state index in [1.807, 2.05) is 25.4 Å². The number of rotatable bonds is 2. The predicted molar refractivity (Wildman–Crippen MR) is 104 cm³/mol. The van der Waals surface area contributed by atoms with E-state index < -0.39 is 0 Å². The van der Waals surface area contributed by atoms with Crippen LogP contribution in [-0.4, -0.2) is 37.8 Å². The standard InChI is InChI=1S/C19H17N7S/c1-26-10-14-7-12(6-13(8-20)16(14)25-26)17-22-9-15-19(24-17)27-18(23-15)11-2-4-21-5-3-11/h6-7,9-11,21H,2-5H2,1H3. The Kier molecular flexibility index (Phi) is 3.85. The Hall–Kier alpha value is -2.89. The zero-order valence-corrected chi connectivity index (χ0v) is 15.6. The van der Waals surface area contributed by atoms with E-state index in [-0.39, 0.29) is 0 Å². The SMILES string of the molecule is Cn1cc2cc(-c3ncc4nc(C5CCNCC5)sc4n3)cc(C#N)c2n1. The maximum absolute atomic E-state index is 9.48. The maximum atomic E-state index is 9.48. The molecule has 27 heavy (non-hydrogen) atoms. The van der Waals surface area contributed by atoms with E-state index in [0.717, 1.165) is 52.2 Å². The van der Waals surface area contributed by atoms with Gasteiger partial charge in [0.25, 0.3) is 0 Å². The lowest BCUT2D eigenvalue weighted by Gasteiger charge is -2.20. The Bertz CT molecular complexity index is 1190. The van der Waals surface area contributed by atoms with E-state index in [2.05, 4.69) is 21.5 Å². The summed E-state index contributed by atoms with van der Waals surface area (Å²) in [6, 6.07) is 6.03. The van der Waals surface area contributed by atoms with E-state index in [9.17, 15) is 5.26 Å². The van der Waals surface area contributed by atoms with Gasteiger partial charge in [0, 0.05) is 30.1 Å². The molecule has 0 atom stereocenters. The van der Waals surface area contributed by atoms with Crippen LogP contribution in [0.3, 0.4) is 0 Å². The molecule has 1 fully saturated rings. The fourth-order valence-electron chi connectivity index (χ4n) is 3.60. The van der Waals surface area contributed by atoms with E-state index >= 15 is 0 Å². The highest BCUT2D eigenvalue weighted by Gasteiger charge is 2.20. The molecule has 0 bridgehead atoms. The van der Waals surface area contributed by atoms with Crippen molar-refractivity contribution in [1.29, 1.82) is 5.26 Å². The molecule has 5 rings (SSSR count). The first-order chi connectivity index (χ1) is 13.2. The number of hydrogen-bond donors (Lipinski definition) is 1. The van der Waals surface area contributed by atoms with Gasteiger partial charge in [-0.05, 0) is 38.1 Å². The number of benzene rings is 1. The van der Waals surface area contributed by atoms with Gasteiger partial charge >= 0.3 is 0 Å². The first-order valence-corrected chi connectivity index (χ1v) is 9.75. The zero-order chi connectivity index (χ0) is 18.4. The number of nitrogens with one attached hydrogen (secondary N) is 1. The average Bonchev–Trinajstić information content (AvgIpc) is 3.29. The van der Waals surface area contributed by atoms with Crippen molar-refractivity contribution in [2.45, 2.75) is 18.8 Å². The summed E-state index contributed by atoms with van der Waals surface area (Å²) in [4.78, 5) is 14.9. The monoisotopic (exact) mass is 375 g/mol. The fraction of sp³-hybridized carbons (Fsp3) is 0.316. The van der Waals surface area contributed by atoms with E-state index in [0.29, 0.717) is 22.8 Å². The summed E-state index contributed by atoms with van der Waals surface area (Å²) in [5.41, 5.74) is 2.91. The van der Waals surface area contributed by atoms with Crippen molar-refractivity contribution in [3.05, 3.63) is 35.1 Å². The number of piperidine rings is 1. The fourth-order valence-corrected chi connectivity index (χ4v) is 4.68. The van der Waals surface area contributed by atoms with Crippen molar-refractivity contribution >= 4 is 32.6 Å².